The van der Waals surface area contributed by atoms with E-state index >= 15 is 0 Å². The van der Waals surface area contributed by atoms with Crippen molar-refractivity contribution in [2.45, 2.75) is 19.4 Å². The topological polar surface area (TPSA) is 130 Å². The summed E-state index contributed by atoms with van der Waals surface area (Å²) in [5.41, 5.74) is 5.16. The van der Waals surface area contributed by atoms with Crippen molar-refractivity contribution in [3.63, 3.8) is 0 Å². The summed E-state index contributed by atoms with van der Waals surface area (Å²) >= 11 is 0. The van der Waals surface area contributed by atoms with Crippen molar-refractivity contribution in [3.05, 3.63) is 29.3 Å². The van der Waals surface area contributed by atoms with Gasteiger partial charge in [-0.15, -0.1) is 0 Å². The van der Waals surface area contributed by atoms with E-state index in [0.29, 0.717) is 6.42 Å². The number of carbonyl (C=O) groups is 3. The molecule has 0 aromatic heterocycles. The minimum absolute atomic E-state index is 0.0891. The maximum Gasteiger partial charge on any atom is 0.335 e. The number of carboxylic acids is 2. The Morgan fingerprint density at radius 1 is 1.16 bits per heavy atom. The first-order valence-electron chi connectivity index (χ1n) is 5.53. The highest BCUT2D eigenvalue weighted by molar-refractivity contribution is 5.99. The third kappa shape index (κ3) is 3.78. The van der Waals surface area contributed by atoms with Crippen molar-refractivity contribution in [1.82, 2.24) is 0 Å². The van der Waals surface area contributed by atoms with Crippen LogP contribution in [0.4, 0.5) is 5.69 Å². The number of hydrogen-bond donors (Lipinski definition) is 4. The van der Waals surface area contributed by atoms with Gasteiger partial charge in [-0.1, -0.05) is 6.92 Å². The van der Waals surface area contributed by atoms with Crippen LogP contribution in [0.25, 0.3) is 0 Å². The number of amides is 1. The molecule has 0 bridgehead atoms. The second kappa shape index (κ2) is 5.96. The van der Waals surface area contributed by atoms with Gasteiger partial charge in [0.25, 0.3) is 0 Å². The average molecular weight is 266 g/mol. The summed E-state index contributed by atoms with van der Waals surface area (Å²) in [7, 11) is 0. The number of rotatable bonds is 5. The van der Waals surface area contributed by atoms with Gasteiger partial charge in [-0.3, -0.25) is 4.79 Å². The SMILES string of the molecule is CC[C@H](N)C(=O)Nc1cc(C(=O)O)cc(C(=O)O)c1. The van der Waals surface area contributed by atoms with E-state index in [-0.39, 0.29) is 16.8 Å². The van der Waals surface area contributed by atoms with Gasteiger partial charge in [-0.05, 0) is 24.6 Å². The van der Waals surface area contributed by atoms with E-state index in [1.807, 2.05) is 0 Å². The minimum atomic E-state index is -1.28. The number of carbonyl (C=O) groups excluding carboxylic acids is 1. The maximum atomic E-state index is 11.6. The number of benzene rings is 1. The van der Waals surface area contributed by atoms with Gasteiger partial charge in [-0.2, -0.15) is 0 Å². The zero-order valence-electron chi connectivity index (χ0n) is 10.2. The van der Waals surface area contributed by atoms with Crippen molar-refractivity contribution in [1.29, 1.82) is 0 Å². The first-order chi connectivity index (χ1) is 8.85. The predicted molar refractivity (Wildman–Crippen MR) is 67.3 cm³/mol. The number of anilines is 1. The van der Waals surface area contributed by atoms with E-state index in [2.05, 4.69) is 5.32 Å². The standard InChI is InChI=1S/C12H14N2O5/c1-2-9(13)10(15)14-8-4-6(11(16)17)3-7(5-8)12(18)19/h3-5,9H,2,13H2,1H3,(H,14,15)(H,16,17)(H,18,19)/t9-/m0/s1. The van der Waals surface area contributed by atoms with Crippen LogP contribution in [-0.4, -0.2) is 34.1 Å². The zero-order valence-corrected chi connectivity index (χ0v) is 10.2. The minimum Gasteiger partial charge on any atom is -0.478 e. The van der Waals surface area contributed by atoms with E-state index in [9.17, 15) is 14.4 Å². The van der Waals surface area contributed by atoms with Crippen molar-refractivity contribution < 1.29 is 24.6 Å². The van der Waals surface area contributed by atoms with E-state index in [1.54, 1.807) is 6.92 Å². The Hall–Kier alpha value is -2.41. The summed E-state index contributed by atoms with van der Waals surface area (Å²) < 4.78 is 0. The molecule has 0 saturated heterocycles. The summed E-state index contributed by atoms with van der Waals surface area (Å²) in [4.78, 5) is 33.3. The van der Waals surface area contributed by atoms with Crippen LogP contribution in [-0.2, 0) is 4.79 Å². The molecule has 1 rings (SSSR count). The molecule has 0 radical (unpaired) electrons. The van der Waals surface area contributed by atoms with Crippen LogP contribution in [0.2, 0.25) is 0 Å². The Balaban J connectivity index is 3.10. The van der Waals surface area contributed by atoms with Crippen molar-refractivity contribution in [3.8, 4) is 0 Å². The van der Waals surface area contributed by atoms with E-state index in [1.165, 1.54) is 12.1 Å². The Morgan fingerprint density at radius 2 is 1.63 bits per heavy atom. The van der Waals surface area contributed by atoms with Gasteiger partial charge in [-0.25, -0.2) is 9.59 Å². The van der Waals surface area contributed by atoms with Crippen LogP contribution >= 0.6 is 0 Å². The van der Waals surface area contributed by atoms with Crippen LogP contribution < -0.4 is 11.1 Å². The number of nitrogens with two attached hydrogens (primary N) is 1. The molecule has 7 nitrogen and oxygen atoms in total. The molecule has 0 fully saturated rings. The monoisotopic (exact) mass is 266 g/mol. The van der Waals surface area contributed by atoms with Crippen LogP contribution in [0.3, 0.4) is 0 Å². The lowest BCUT2D eigenvalue weighted by Crippen LogP contribution is -2.34. The Bertz CT molecular complexity index is 495. The number of hydrogen-bond acceptors (Lipinski definition) is 4. The first kappa shape index (κ1) is 14.7. The van der Waals surface area contributed by atoms with Crippen LogP contribution in [0.15, 0.2) is 18.2 Å². The van der Waals surface area contributed by atoms with Gasteiger partial charge in [0.2, 0.25) is 5.91 Å². The van der Waals surface area contributed by atoms with Gasteiger partial charge in [0.05, 0.1) is 17.2 Å². The lowest BCUT2D eigenvalue weighted by atomic mass is 10.1. The fraction of sp³-hybridized carbons (Fsp3) is 0.250. The van der Waals surface area contributed by atoms with Crippen LogP contribution in [0.5, 0.6) is 0 Å². The normalized spacial score (nSPS) is 11.7. The Labute approximate surface area is 109 Å². The van der Waals surface area contributed by atoms with Gasteiger partial charge < -0.3 is 21.3 Å². The summed E-state index contributed by atoms with van der Waals surface area (Å²) in [5.74, 6) is -3.06. The predicted octanol–water partition coefficient (Wildman–Crippen LogP) is 0.759. The highest BCUT2D eigenvalue weighted by Gasteiger charge is 2.15. The number of nitrogens with one attached hydrogen (secondary N) is 1. The highest BCUT2D eigenvalue weighted by Crippen LogP contribution is 2.16. The molecular formula is C12H14N2O5. The van der Waals surface area contributed by atoms with Crippen molar-refractivity contribution in [2.24, 2.45) is 5.73 Å². The van der Waals surface area contributed by atoms with E-state index in [0.717, 1.165) is 6.07 Å². The molecule has 0 saturated carbocycles. The Kier molecular flexibility index (Phi) is 4.60. The van der Waals surface area contributed by atoms with Crippen LogP contribution in [0.1, 0.15) is 34.1 Å². The summed E-state index contributed by atoms with van der Waals surface area (Å²) in [6.45, 7) is 1.72. The second-order valence-electron chi connectivity index (χ2n) is 3.91. The zero-order chi connectivity index (χ0) is 14.6. The molecule has 0 unspecified atom stereocenters. The molecule has 1 aromatic rings. The number of carboxylic acid groups (broad SMARTS) is 2. The third-order valence-electron chi connectivity index (χ3n) is 2.47. The lowest BCUT2D eigenvalue weighted by molar-refractivity contribution is -0.117. The molecule has 7 heteroatoms. The number of aromatic carboxylic acids is 2. The summed E-state index contributed by atoms with van der Waals surface area (Å²) in [6, 6.07) is 2.63. The van der Waals surface area contributed by atoms with E-state index < -0.39 is 23.9 Å². The lowest BCUT2D eigenvalue weighted by Gasteiger charge is -2.11. The van der Waals surface area contributed by atoms with E-state index in [4.69, 9.17) is 15.9 Å². The average Bonchev–Trinajstić information content (AvgIpc) is 2.37. The van der Waals surface area contributed by atoms with Crippen LogP contribution in [0, 0.1) is 0 Å². The molecule has 0 aliphatic heterocycles. The molecule has 5 N–H and O–H groups in total. The second-order valence-corrected chi connectivity index (χ2v) is 3.91. The molecule has 0 aliphatic rings. The molecule has 0 spiro atoms. The fourth-order valence-corrected chi connectivity index (χ4v) is 1.37. The largest absolute Gasteiger partial charge is 0.478 e. The van der Waals surface area contributed by atoms with Gasteiger partial charge in [0, 0.05) is 5.69 Å². The van der Waals surface area contributed by atoms with Gasteiger partial charge in [0.1, 0.15) is 0 Å². The molecule has 0 aliphatic carbocycles. The van der Waals surface area contributed by atoms with Gasteiger partial charge >= 0.3 is 11.9 Å². The third-order valence-corrected chi connectivity index (χ3v) is 2.47. The molecule has 0 heterocycles. The smallest absolute Gasteiger partial charge is 0.335 e. The Morgan fingerprint density at radius 3 is 2.00 bits per heavy atom. The van der Waals surface area contributed by atoms with Crippen molar-refractivity contribution >= 4 is 23.5 Å². The maximum absolute atomic E-state index is 11.6. The molecule has 1 atom stereocenters. The quantitative estimate of drug-likeness (QED) is 0.622. The summed E-state index contributed by atoms with van der Waals surface area (Å²) in [5, 5.41) is 20.1. The molecular weight excluding hydrogens is 252 g/mol. The summed E-state index contributed by atoms with van der Waals surface area (Å²) in [6.07, 6.45) is 0.413. The fourth-order valence-electron chi connectivity index (χ4n) is 1.37. The molecule has 1 amide bonds. The molecule has 1 aromatic carbocycles. The van der Waals surface area contributed by atoms with Gasteiger partial charge in [0.15, 0.2) is 0 Å². The van der Waals surface area contributed by atoms with Crippen molar-refractivity contribution in [2.75, 3.05) is 5.32 Å². The highest BCUT2D eigenvalue weighted by atomic mass is 16.4. The molecule has 102 valence electrons. The first-order valence-corrected chi connectivity index (χ1v) is 5.53. The molecule has 19 heavy (non-hydrogen) atoms.